The Balaban J connectivity index is 1.84. The van der Waals surface area contributed by atoms with E-state index in [9.17, 15) is 9.18 Å². The average Bonchev–Trinajstić information content (AvgIpc) is 3.17. The summed E-state index contributed by atoms with van der Waals surface area (Å²) in [6, 6.07) is 14.4. The van der Waals surface area contributed by atoms with Crippen LogP contribution >= 0.6 is 0 Å². The van der Waals surface area contributed by atoms with Crippen molar-refractivity contribution < 1.29 is 9.18 Å². The minimum absolute atomic E-state index is 0.0115. The zero-order chi connectivity index (χ0) is 19.8. The van der Waals surface area contributed by atoms with Crippen molar-refractivity contribution in [2.75, 3.05) is 4.90 Å². The number of aryl methyl sites for hydroxylation is 1. The van der Waals surface area contributed by atoms with Gasteiger partial charge in [0, 0.05) is 5.92 Å². The Morgan fingerprint density at radius 3 is 2.29 bits per heavy atom. The van der Waals surface area contributed by atoms with E-state index < -0.39 is 0 Å². The van der Waals surface area contributed by atoms with Crippen LogP contribution in [-0.2, 0) is 4.79 Å². The number of hydrogen-bond donors (Lipinski definition) is 0. The first kappa shape index (κ1) is 18.3. The largest absolute Gasteiger partial charge is 0.274 e. The molecule has 1 amide bonds. The molecule has 28 heavy (non-hydrogen) atoms. The first-order valence-corrected chi connectivity index (χ1v) is 9.50. The van der Waals surface area contributed by atoms with Gasteiger partial charge in [-0.3, -0.25) is 9.69 Å². The van der Waals surface area contributed by atoms with Gasteiger partial charge >= 0.3 is 0 Å². The molecule has 0 saturated carbocycles. The summed E-state index contributed by atoms with van der Waals surface area (Å²) in [5.74, 6) is 0.104. The number of amides is 1. The molecule has 2 aromatic carbocycles. The Hall–Kier alpha value is -3.02. The minimum atomic E-state index is -0.273. The van der Waals surface area contributed by atoms with Crippen LogP contribution in [-0.4, -0.2) is 20.7 Å². The zero-order valence-electron chi connectivity index (χ0n) is 16.2. The fraction of sp³-hybridized carbons (Fsp3) is 0.318. The summed E-state index contributed by atoms with van der Waals surface area (Å²) >= 11 is 0. The van der Waals surface area contributed by atoms with Crippen molar-refractivity contribution >= 4 is 11.9 Å². The second-order valence-corrected chi connectivity index (χ2v) is 7.60. The maximum Gasteiger partial charge on any atom is 0.232 e. The van der Waals surface area contributed by atoms with Gasteiger partial charge in [-0.15, -0.1) is 0 Å². The predicted octanol–water partition coefficient (Wildman–Crippen LogP) is 4.45. The molecule has 0 aliphatic carbocycles. The van der Waals surface area contributed by atoms with Crippen LogP contribution in [0.15, 0.2) is 54.9 Å². The summed E-state index contributed by atoms with van der Waals surface area (Å²) in [4.78, 5) is 19.3. The number of fused-ring (bicyclic) bond motifs is 1. The molecule has 0 N–H and O–H groups in total. The van der Waals surface area contributed by atoms with Gasteiger partial charge in [-0.1, -0.05) is 55.8 Å². The van der Waals surface area contributed by atoms with E-state index in [1.807, 2.05) is 20.8 Å². The number of aromatic nitrogens is 3. The third kappa shape index (κ3) is 3.19. The number of benzene rings is 2. The Morgan fingerprint density at radius 1 is 1.04 bits per heavy atom. The minimum Gasteiger partial charge on any atom is -0.274 e. The molecule has 4 rings (SSSR count). The molecule has 3 aromatic rings. The Labute approximate surface area is 163 Å². The monoisotopic (exact) mass is 378 g/mol. The second kappa shape index (κ2) is 7.19. The lowest BCUT2D eigenvalue weighted by molar-refractivity contribution is -0.122. The average molecular weight is 378 g/mol. The molecule has 1 aliphatic heterocycles. The standard InChI is InChI=1S/C22H23FN4O/c1-14(2)21(28)26-19(16-6-4-15(3)5-7-16)12-20(27-22(26)24-13-25-27)17-8-10-18(23)11-9-17/h4-11,13-14,19-20H,12H2,1-3H3/t19-,20+/m0/s1. The number of halogens is 1. The van der Waals surface area contributed by atoms with E-state index in [4.69, 9.17) is 0 Å². The molecule has 6 heteroatoms. The van der Waals surface area contributed by atoms with E-state index in [1.54, 1.807) is 21.7 Å². The predicted molar refractivity (Wildman–Crippen MR) is 105 cm³/mol. The van der Waals surface area contributed by atoms with Gasteiger partial charge in [0.15, 0.2) is 0 Å². The van der Waals surface area contributed by atoms with Crippen LogP contribution in [0.25, 0.3) is 0 Å². The first-order valence-electron chi connectivity index (χ1n) is 9.50. The van der Waals surface area contributed by atoms with E-state index in [0.717, 1.165) is 11.1 Å². The third-order valence-electron chi connectivity index (χ3n) is 5.27. The molecule has 1 aromatic heterocycles. The van der Waals surface area contributed by atoms with Gasteiger partial charge in [0.1, 0.15) is 12.1 Å². The molecule has 0 spiro atoms. The molecular weight excluding hydrogens is 355 g/mol. The SMILES string of the molecule is Cc1ccc([C@@H]2C[C@H](c3ccc(F)cc3)n3ncnc3N2C(=O)C(C)C)cc1. The summed E-state index contributed by atoms with van der Waals surface area (Å²) in [6.45, 7) is 5.82. The number of anilines is 1. The van der Waals surface area contributed by atoms with Gasteiger partial charge in [-0.2, -0.15) is 10.1 Å². The maximum absolute atomic E-state index is 13.4. The molecule has 1 aliphatic rings. The summed E-state index contributed by atoms with van der Waals surface area (Å²) in [5, 5.41) is 4.39. The van der Waals surface area contributed by atoms with Crippen LogP contribution in [0.1, 0.15) is 49.0 Å². The molecule has 2 heterocycles. The lowest BCUT2D eigenvalue weighted by Gasteiger charge is -2.40. The van der Waals surface area contributed by atoms with Crippen LogP contribution < -0.4 is 4.90 Å². The highest BCUT2D eigenvalue weighted by atomic mass is 19.1. The molecular formula is C22H23FN4O. The van der Waals surface area contributed by atoms with E-state index >= 15 is 0 Å². The fourth-order valence-corrected chi connectivity index (χ4v) is 3.76. The number of hydrogen-bond acceptors (Lipinski definition) is 3. The normalized spacial score (nSPS) is 19.0. The number of carbonyl (C=O) groups excluding carboxylic acids is 1. The van der Waals surface area contributed by atoms with Crippen molar-refractivity contribution in [1.82, 2.24) is 14.8 Å². The molecule has 0 unspecified atom stereocenters. The molecule has 0 bridgehead atoms. The van der Waals surface area contributed by atoms with Gasteiger partial charge in [0.05, 0.1) is 12.1 Å². The van der Waals surface area contributed by atoms with Crippen molar-refractivity contribution in [3.05, 3.63) is 77.4 Å². The van der Waals surface area contributed by atoms with E-state index in [2.05, 4.69) is 34.3 Å². The lowest BCUT2D eigenvalue weighted by atomic mass is 9.91. The van der Waals surface area contributed by atoms with Gasteiger partial charge in [0.25, 0.3) is 0 Å². The Morgan fingerprint density at radius 2 is 1.64 bits per heavy atom. The summed E-state index contributed by atoms with van der Waals surface area (Å²) in [7, 11) is 0. The number of carbonyl (C=O) groups is 1. The van der Waals surface area contributed by atoms with Gasteiger partial charge in [-0.25, -0.2) is 9.07 Å². The second-order valence-electron chi connectivity index (χ2n) is 7.60. The molecule has 2 atom stereocenters. The summed E-state index contributed by atoms with van der Waals surface area (Å²) < 4.78 is 15.2. The van der Waals surface area contributed by atoms with Crippen LogP contribution in [0.3, 0.4) is 0 Å². The van der Waals surface area contributed by atoms with Crippen LogP contribution in [0.2, 0.25) is 0 Å². The summed E-state index contributed by atoms with van der Waals surface area (Å²) in [6.07, 6.45) is 2.12. The van der Waals surface area contributed by atoms with Crippen molar-refractivity contribution in [3.63, 3.8) is 0 Å². The highest BCUT2D eigenvalue weighted by Gasteiger charge is 2.39. The van der Waals surface area contributed by atoms with Gasteiger partial charge in [-0.05, 0) is 36.6 Å². The topological polar surface area (TPSA) is 51.0 Å². The van der Waals surface area contributed by atoms with E-state index in [-0.39, 0.29) is 29.7 Å². The molecule has 0 radical (unpaired) electrons. The smallest absolute Gasteiger partial charge is 0.232 e. The van der Waals surface area contributed by atoms with Crippen molar-refractivity contribution in [1.29, 1.82) is 0 Å². The van der Waals surface area contributed by atoms with Gasteiger partial charge < -0.3 is 0 Å². The van der Waals surface area contributed by atoms with Crippen LogP contribution in [0.4, 0.5) is 10.3 Å². The Bertz CT molecular complexity index is 979. The molecule has 5 nitrogen and oxygen atoms in total. The maximum atomic E-state index is 13.4. The van der Waals surface area contributed by atoms with Crippen molar-refractivity contribution in [3.8, 4) is 0 Å². The Kier molecular flexibility index (Phi) is 4.71. The zero-order valence-corrected chi connectivity index (χ0v) is 16.2. The van der Waals surface area contributed by atoms with Crippen molar-refractivity contribution in [2.45, 2.75) is 39.3 Å². The number of nitrogens with zero attached hydrogens (tertiary/aromatic N) is 4. The van der Waals surface area contributed by atoms with E-state index in [1.165, 1.54) is 24.0 Å². The summed E-state index contributed by atoms with van der Waals surface area (Å²) in [5.41, 5.74) is 3.17. The highest BCUT2D eigenvalue weighted by Crippen LogP contribution is 2.42. The third-order valence-corrected chi connectivity index (χ3v) is 5.27. The quantitative estimate of drug-likeness (QED) is 0.677. The van der Waals surface area contributed by atoms with Crippen molar-refractivity contribution in [2.24, 2.45) is 5.92 Å². The van der Waals surface area contributed by atoms with Crippen LogP contribution in [0.5, 0.6) is 0 Å². The molecule has 144 valence electrons. The highest BCUT2D eigenvalue weighted by molar-refractivity contribution is 5.94. The lowest BCUT2D eigenvalue weighted by Crippen LogP contribution is -2.44. The molecule has 0 fully saturated rings. The first-order chi connectivity index (χ1) is 13.5. The number of rotatable bonds is 3. The van der Waals surface area contributed by atoms with Crippen LogP contribution in [0, 0.1) is 18.7 Å². The molecule has 0 saturated heterocycles. The van der Waals surface area contributed by atoms with E-state index in [0.29, 0.717) is 12.4 Å². The fourth-order valence-electron chi connectivity index (χ4n) is 3.76. The van der Waals surface area contributed by atoms with Gasteiger partial charge in [0.2, 0.25) is 11.9 Å².